The average molecular weight is 323 g/mol. The summed E-state index contributed by atoms with van der Waals surface area (Å²) in [7, 11) is 0. The van der Waals surface area contributed by atoms with Gasteiger partial charge in [0.15, 0.2) is 0 Å². The van der Waals surface area contributed by atoms with E-state index in [1.807, 2.05) is 6.07 Å². The third-order valence-electron chi connectivity index (χ3n) is 4.76. The van der Waals surface area contributed by atoms with Crippen molar-refractivity contribution in [3.8, 4) is 0 Å². The predicted molar refractivity (Wildman–Crippen MR) is 77.8 cm³/mol. The highest BCUT2D eigenvalue weighted by molar-refractivity contribution is 9.10. The van der Waals surface area contributed by atoms with Crippen LogP contribution in [0.25, 0.3) is 0 Å². The van der Waals surface area contributed by atoms with Crippen molar-refractivity contribution in [2.75, 3.05) is 0 Å². The average Bonchev–Trinajstić information content (AvgIpc) is 3.00. The molecule has 1 N–H and O–H groups in total. The molecule has 1 amide bonds. The van der Waals surface area contributed by atoms with Gasteiger partial charge in [0.05, 0.1) is 5.56 Å². The lowest BCUT2D eigenvalue weighted by molar-refractivity contribution is 0.0915. The van der Waals surface area contributed by atoms with Crippen LogP contribution in [0.3, 0.4) is 0 Å². The molecule has 0 aromatic carbocycles. The first-order valence-corrected chi connectivity index (χ1v) is 7.84. The van der Waals surface area contributed by atoms with Gasteiger partial charge in [-0.3, -0.25) is 9.78 Å². The van der Waals surface area contributed by atoms with Gasteiger partial charge in [0, 0.05) is 22.9 Å². The maximum Gasteiger partial charge on any atom is 0.253 e. The molecule has 4 atom stereocenters. The van der Waals surface area contributed by atoms with Crippen molar-refractivity contribution in [3.05, 3.63) is 28.5 Å². The molecule has 2 bridgehead atoms. The van der Waals surface area contributed by atoms with Gasteiger partial charge in [-0.05, 0) is 65.9 Å². The Morgan fingerprint density at radius 3 is 2.89 bits per heavy atom. The van der Waals surface area contributed by atoms with E-state index in [0.29, 0.717) is 11.5 Å². The van der Waals surface area contributed by atoms with Crippen molar-refractivity contribution in [2.45, 2.75) is 38.6 Å². The molecule has 19 heavy (non-hydrogen) atoms. The number of hydrogen-bond acceptors (Lipinski definition) is 2. The van der Waals surface area contributed by atoms with Gasteiger partial charge < -0.3 is 5.32 Å². The number of carbonyl (C=O) groups is 1. The van der Waals surface area contributed by atoms with Gasteiger partial charge in [-0.25, -0.2) is 0 Å². The minimum atomic E-state index is -0.0101. The number of amides is 1. The highest BCUT2D eigenvalue weighted by Crippen LogP contribution is 2.49. The Balaban J connectivity index is 1.63. The monoisotopic (exact) mass is 322 g/mol. The molecule has 0 spiro atoms. The van der Waals surface area contributed by atoms with Crippen LogP contribution >= 0.6 is 15.9 Å². The second-order valence-electron chi connectivity index (χ2n) is 5.99. The lowest BCUT2D eigenvalue weighted by atomic mass is 9.84. The molecule has 1 aromatic heterocycles. The Bertz CT molecular complexity index is 491. The minimum absolute atomic E-state index is 0.0101. The van der Waals surface area contributed by atoms with Crippen LogP contribution in [0, 0.1) is 17.8 Å². The third kappa shape index (κ3) is 2.69. The number of carbonyl (C=O) groups excluding carboxylic acids is 1. The number of hydrogen-bond donors (Lipinski definition) is 1. The Hall–Kier alpha value is -0.900. The van der Waals surface area contributed by atoms with Gasteiger partial charge in [0.25, 0.3) is 5.91 Å². The van der Waals surface area contributed by atoms with Gasteiger partial charge in [-0.15, -0.1) is 0 Å². The van der Waals surface area contributed by atoms with Gasteiger partial charge in [0.2, 0.25) is 0 Å². The van der Waals surface area contributed by atoms with Crippen LogP contribution in [0.15, 0.2) is 22.9 Å². The maximum absolute atomic E-state index is 12.2. The largest absolute Gasteiger partial charge is 0.349 e. The molecule has 2 aliphatic carbocycles. The van der Waals surface area contributed by atoms with Crippen molar-refractivity contribution < 1.29 is 4.79 Å². The number of fused-ring (bicyclic) bond motifs is 2. The van der Waals surface area contributed by atoms with Crippen molar-refractivity contribution in [1.82, 2.24) is 10.3 Å². The fraction of sp³-hybridized carbons (Fsp3) is 0.600. The molecule has 102 valence electrons. The zero-order valence-corrected chi connectivity index (χ0v) is 12.7. The van der Waals surface area contributed by atoms with Crippen LogP contribution in [-0.4, -0.2) is 16.9 Å². The normalized spacial score (nSPS) is 30.3. The Morgan fingerprint density at radius 1 is 1.42 bits per heavy atom. The summed E-state index contributed by atoms with van der Waals surface area (Å²) in [5.41, 5.74) is 0.629. The zero-order valence-electron chi connectivity index (χ0n) is 11.1. The second kappa shape index (κ2) is 5.23. The summed E-state index contributed by atoms with van der Waals surface area (Å²) in [5, 5.41) is 3.15. The highest BCUT2D eigenvalue weighted by Gasteiger charge is 2.42. The number of pyridine rings is 1. The molecule has 1 heterocycles. The summed E-state index contributed by atoms with van der Waals surface area (Å²) in [4.78, 5) is 16.2. The summed E-state index contributed by atoms with van der Waals surface area (Å²) in [6.07, 6.45) is 8.74. The lowest BCUT2D eigenvalue weighted by Gasteiger charge is -2.28. The molecule has 3 rings (SSSR count). The lowest BCUT2D eigenvalue weighted by Crippen LogP contribution is -2.40. The second-order valence-corrected chi connectivity index (χ2v) is 6.91. The molecule has 2 saturated carbocycles. The number of nitrogens with zero attached hydrogens (tertiary/aromatic N) is 1. The molecule has 2 fully saturated rings. The number of nitrogens with one attached hydrogen (secondary N) is 1. The molecule has 0 unspecified atom stereocenters. The maximum atomic E-state index is 12.2. The molecule has 0 saturated heterocycles. The van der Waals surface area contributed by atoms with Crippen molar-refractivity contribution >= 4 is 21.8 Å². The highest BCUT2D eigenvalue weighted by atomic mass is 79.9. The minimum Gasteiger partial charge on any atom is -0.349 e. The number of halogens is 1. The van der Waals surface area contributed by atoms with Crippen LogP contribution < -0.4 is 5.32 Å². The summed E-state index contributed by atoms with van der Waals surface area (Å²) in [5.74, 6) is 2.41. The Labute approximate surface area is 122 Å². The van der Waals surface area contributed by atoms with Crippen LogP contribution in [-0.2, 0) is 0 Å². The van der Waals surface area contributed by atoms with E-state index in [2.05, 4.69) is 33.2 Å². The first kappa shape index (κ1) is 13.1. The molecule has 0 radical (unpaired) electrons. The van der Waals surface area contributed by atoms with Crippen LogP contribution in [0.4, 0.5) is 0 Å². The van der Waals surface area contributed by atoms with Gasteiger partial charge >= 0.3 is 0 Å². The van der Waals surface area contributed by atoms with Gasteiger partial charge in [0.1, 0.15) is 0 Å². The summed E-state index contributed by atoms with van der Waals surface area (Å²) in [6.45, 7) is 2.15. The van der Waals surface area contributed by atoms with Crippen molar-refractivity contribution in [1.29, 1.82) is 0 Å². The van der Waals surface area contributed by atoms with E-state index in [4.69, 9.17) is 0 Å². The SMILES string of the molecule is C[C@@H](NC(=O)c1cncc(Br)c1)[C@H]1C[C@H]2CC[C@H]1C2. The summed E-state index contributed by atoms with van der Waals surface area (Å²) in [6, 6.07) is 2.08. The smallest absolute Gasteiger partial charge is 0.253 e. The first-order chi connectivity index (χ1) is 9.13. The van der Waals surface area contributed by atoms with Crippen LogP contribution in [0.2, 0.25) is 0 Å². The van der Waals surface area contributed by atoms with E-state index in [1.54, 1.807) is 12.4 Å². The standard InChI is InChI=1S/C15H19BrN2O/c1-9(14-5-10-2-3-11(14)4-10)18-15(19)12-6-13(16)8-17-7-12/h6-11,14H,2-5H2,1H3,(H,18,19)/t9-,10+,11+,14-/m1/s1. The van der Waals surface area contributed by atoms with Crippen LogP contribution in [0.5, 0.6) is 0 Å². The molecule has 3 nitrogen and oxygen atoms in total. The fourth-order valence-corrected chi connectivity index (χ4v) is 4.20. The fourth-order valence-electron chi connectivity index (χ4n) is 3.84. The summed E-state index contributed by atoms with van der Waals surface area (Å²) < 4.78 is 0.840. The van der Waals surface area contributed by atoms with Crippen molar-refractivity contribution in [3.63, 3.8) is 0 Å². The molecular weight excluding hydrogens is 304 g/mol. The molecule has 4 heteroatoms. The molecule has 0 aliphatic heterocycles. The molecule has 2 aliphatic rings. The molecule has 1 aromatic rings. The third-order valence-corrected chi connectivity index (χ3v) is 5.19. The Morgan fingerprint density at radius 2 is 2.26 bits per heavy atom. The predicted octanol–water partition coefficient (Wildman–Crippen LogP) is 3.40. The summed E-state index contributed by atoms with van der Waals surface area (Å²) >= 11 is 3.35. The van der Waals surface area contributed by atoms with E-state index >= 15 is 0 Å². The number of rotatable bonds is 3. The van der Waals surface area contributed by atoms with Gasteiger partial charge in [-0.1, -0.05) is 6.42 Å². The van der Waals surface area contributed by atoms with Crippen LogP contribution in [0.1, 0.15) is 43.0 Å². The Kier molecular flexibility index (Phi) is 3.61. The van der Waals surface area contributed by atoms with E-state index in [-0.39, 0.29) is 11.9 Å². The van der Waals surface area contributed by atoms with Gasteiger partial charge in [-0.2, -0.15) is 0 Å². The van der Waals surface area contributed by atoms with Crippen molar-refractivity contribution in [2.24, 2.45) is 17.8 Å². The quantitative estimate of drug-likeness (QED) is 0.926. The zero-order chi connectivity index (χ0) is 13.4. The van der Waals surface area contributed by atoms with E-state index in [0.717, 1.165) is 16.3 Å². The topological polar surface area (TPSA) is 42.0 Å². The number of aromatic nitrogens is 1. The van der Waals surface area contributed by atoms with E-state index in [9.17, 15) is 4.79 Å². The first-order valence-electron chi connectivity index (χ1n) is 7.05. The van der Waals surface area contributed by atoms with E-state index in [1.165, 1.54) is 25.7 Å². The molecular formula is C15H19BrN2O. The van der Waals surface area contributed by atoms with E-state index < -0.39 is 0 Å².